The first kappa shape index (κ1) is 23.4. The summed E-state index contributed by atoms with van der Waals surface area (Å²) < 4.78 is 5.83. The van der Waals surface area contributed by atoms with Gasteiger partial charge in [0, 0.05) is 10.6 Å². The Labute approximate surface area is 201 Å². The molecule has 2 aromatic rings. The number of benzene rings is 2. The lowest BCUT2D eigenvalue weighted by molar-refractivity contribution is 0.0404. The van der Waals surface area contributed by atoms with E-state index in [1.165, 1.54) is 36.8 Å². The lowest BCUT2D eigenvalue weighted by Gasteiger charge is -2.54. The Morgan fingerprint density at radius 3 is 2.56 bits per heavy atom. The van der Waals surface area contributed by atoms with Crippen molar-refractivity contribution in [1.82, 2.24) is 0 Å². The molecule has 0 aliphatic heterocycles. The maximum atomic E-state index is 12.7. The van der Waals surface area contributed by atoms with Crippen molar-refractivity contribution in [2.24, 2.45) is 11.3 Å². The van der Waals surface area contributed by atoms with Gasteiger partial charge in [-0.3, -0.25) is 5.32 Å². The molecule has 32 heavy (non-hydrogen) atoms. The number of carbonyl (C=O) groups is 1. The number of carbonyl (C=O) groups excluding carboxylic acids is 1. The summed E-state index contributed by atoms with van der Waals surface area (Å²) in [5.41, 5.74) is 5.00. The normalized spacial score (nSPS) is 23.9. The zero-order chi connectivity index (χ0) is 23.3. The maximum absolute atomic E-state index is 12.7. The highest BCUT2D eigenvalue weighted by Gasteiger charge is 2.50. The Morgan fingerprint density at radius 2 is 1.88 bits per heavy atom. The molecule has 172 valence electrons. The predicted molar refractivity (Wildman–Crippen MR) is 133 cm³/mol. The molecule has 5 heteroatoms. The highest BCUT2D eigenvalue weighted by atomic mass is 35.5. The summed E-state index contributed by atoms with van der Waals surface area (Å²) in [6.07, 6.45) is 5.46. The van der Waals surface area contributed by atoms with Crippen LogP contribution in [0.4, 0.5) is 10.5 Å². The van der Waals surface area contributed by atoms with Crippen LogP contribution in [0.1, 0.15) is 82.9 Å². The highest BCUT2D eigenvalue weighted by molar-refractivity contribution is 6.36. The van der Waals surface area contributed by atoms with Crippen LogP contribution in [0.15, 0.2) is 30.3 Å². The van der Waals surface area contributed by atoms with Crippen LogP contribution in [-0.4, -0.2) is 6.09 Å². The van der Waals surface area contributed by atoms with Crippen LogP contribution < -0.4 is 10.1 Å². The van der Waals surface area contributed by atoms with E-state index in [4.69, 9.17) is 27.9 Å². The van der Waals surface area contributed by atoms with Crippen LogP contribution in [-0.2, 0) is 11.8 Å². The molecule has 0 saturated heterocycles. The quantitative estimate of drug-likeness (QED) is 0.483. The average Bonchev–Trinajstić information content (AvgIpc) is 2.69. The third-order valence-corrected chi connectivity index (χ3v) is 8.34. The second-order valence-electron chi connectivity index (χ2n) is 10.6. The van der Waals surface area contributed by atoms with Gasteiger partial charge in [-0.25, -0.2) is 4.79 Å². The van der Waals surface area contributed by atoms with E-state index in [0.29, 0.717) is 32.8 Å². The molecule has 2 aliphatic rings. The minimum Gasteiger partial charge on any atom is -0.410 e. The van der Waals surface area contributed by atoms with Gasteiger partial charge < -0.3 is 4.74 Å². The smallest absolute Gasteiger partial charge is 0.410 e. The Morgan fingerprint density at radius 1 is 1.12 bits per heavy atom. The summed E-state index contributed by atoms with van der Waals surface area (Å²) in [6, 6.07) is 9.16. The molecule has 2 aliphatic carbocycles. The van der Waals surface area contributed by atoms with Crippen LogP contribution in [0.3, 0.4) is 0 Å². The van der Waals surface area contributed by atoms with Crippen LogP contribution in [0.5, 0.6) is 5.75 Å². The summed E-state index contributed by atoms with van der Waals surface area (Å²) in [5.74, 6) is 1.57. The molecule has 0 heterocycles. The van der Waals surface area contributed by atoms with Crippen molar-refractivity contribution in [1.29, 1.82) is 0 Å². The van der Waals surface area contributed by atoms with Gasteiger partial charge in [-0.2, -0.15) is 0 Å². The molecule has 4 rings (SSSR count). The van der Waals surface area contributed by atoms with Gasteiger partial charge in [0.2, 0.25) is 0 Å². The van der Waals surface area contributed by atoms with E-state index in [1.54, 1.807) is 18.2 Å². The van der Waals surface area contributed by atoms with Crippen LogP contribution in [0, 0.1) is 11.3 Å². The predicted octanol–water partition coefficient (Wildman–Crippen LogP) is 8.76. The number of halogens is 2. The number of rotatable bonds is 3. The second kappa shape index (κ2) is 8.57. The van der Waals surface area contributed by atoms with Crippen LogP contribution >= 0.6 is 23.2 Å². The zero-order valence-electron chi connectivity index (χ0n) is 19.6. The fourth-order valence-corrected chi connectivity index (χ4v) is 6.89. The van der Waals surface area contributed by atoms with Crippen molar-refractivity contribution in [3.05, 3.63) is 57.1 Å². The fourth-order valence-electron chi connectivity index (χ4n) is 6.44. The number of fused-ring (bicyclic) bond motifs is 3. The molecular formula is C27H33Cl2NO2. The van der Waals surface area contributed by atoms with Gasteiger partial charge in [-0.1, -0.05) is 70.3 Å². The number of amides is 1. The first-order valence-electron chi connectivity index (χ1n) is 11.6. The SMILES string of the molecule is CC(C)c1c(OC(=O)Nc2ccc(Cl)cc2Cl)ccc2c1CCC1C(C)(C)CCC[C@]21C. The van der Waals surface area contributed by atoms with Crippen molar-refractivity contribution in [2.75, 3.05) is 5.32 Å². The molecule has 3 nitrogen and oxygen atoms in total. The molecule has 0 bridgehead atoms. The molecular weight excluding hydrogens is 441 g/mol. The minimum atomic E-state index is -0.547. The Bertz CT molecular complexity index is 1050. The molecule has 1 saturated carbocycles. The van der Waals surface area contributed by atoms with Gasteiger partial charge in [0.25, 0.3) is 0 Å². The first-order valence-corrected chi connectivity index (χ1v) is 12.4. The van der Waals surface area contributed by atoms with E-state index in [1.807, 2.05) is 6.07 Å². The molecule has 2 aromatic carbocycles. The number of hydrogen-bond acceptors (Lipinski definition) is 2. The third kappa shape index (κ3) is 4.15. The summed E-state index contributed by atoms with van der Waals surface area (Å²) in [5, 5.41) is 3.64. The molecule has 1 amide bonds. The largest absolute Gasteiger partial charge is 0.417 e. The summed E-state index contributed by atoms with van der Waals surface area (Å²) in [4.78, 5) is 12.7. The van der Waals surface area contributed by atoms with E-state index >= 15 is 0 Å². The van der Waals surface area contributed by atoms with E-state index in [2.05, 4.69) is 46.0 Å². The maximum Gasteiger partial charge on any atom is 0.417 e. The second-order valence-corrected chi connectivity index (χ2v) is 11.5. The van der Waals surface area contributed by atoms with Gasteiger partial charge in [-0.15, -0.1) is 0 Å². The van der Waals surface area contributed by atoms with Gasteiger partial charge >= 0.3 is 6.09 Å². The Balaban J connectivity index is 1.66. The Hall–Kier alpha value is -1.71. The van der Waals surface area contributed by atoms with E-state index in [-0.39, 0.29) is 11.3 Å². The highest BCUT2D eigenvalue weighted by Crippen LogP contribution is 2.58. The zero-order valence-corrected chi connectivity index (χ0v) is 21.2. The van der Waals surface area contributed by atoms with Gasteiger partial charge in [0.05, 0.1) is 10.7 Å². The Kier molecular flexibility index (Phi) is 6.28. The van der Waals surface area contributed by atoms with E-state index < -0.39 is 6.09 Å². The molecule has 1 N–H and O–H groups in total. The number of anilines is 1. The lowest BCUT2D eigenvalue weighted by atomic mass is 9.50. The van der Waals surface area contributed by atoms with Crippen molar-refractivity contribution in [2.45, 2.75) is 78.1 Å². The van der Waals surface area contributed by atoms with Gasteiger partial charge in [0.1, 0.15) is 5.75 Å². The van der Waals surface area contributed by atoms with E-state index in [9.17, 15) is 4.79 Å². The summed E-state index contributed by atoms with van der Waals surface area (Å²) in [7, 11) is 0. The summed E-state index contributed by atoms with van der Waals surface area (Å²) in [6.45, 7) is 11.7. The van der Waals surface area contributed by atoms with Gasteiger partial charge in [0.15, 0.2) is 0 Å². The first-order chi connectivity index (χ1) is 15.0. The van der Waals surface area contributed by atoms with Crippen LogP contribution in [0.25, 0.3) is 0 Å². The molecule has 0 radical (unpaired) electrons. The topological polar surface area (TPSA) is 38.3 Å². The number of hydrogen-bond donors (Lipinski definition) is 1. The van der Waals surface area contributed by atoms with Gasteiger partial charge in [-0.05, 0) is 83.7 Å². The minimum absolute atomic E-state index is 0.177. The number of ether oxygens (including phenoxy) is 1. The van der Waals surface area contributed by atoms with Crippen molar-refractivity contribution < 1.29 is 9.53 Å². The fraction of sp³-hybridized carbons (Fsp3) is 0.519. The molecule has 1 fully saturated rings. The van der Waals surface area contributed by atoms with Crippen molar-refractivity contribution in [3.63, 3.8) is 0 Å². The monoisotopic (exact) mass is 473 g/mol. The standard InChI is InChI=1S/C27H33Cl2NO2/c1-16(2)24-18-8-12-23-26(3,4)13-6-14-27(23,5)19(18)9-11-22(24)32-25(31)30-21-10-7-17(28)15-20(21)29/h7,9-11,15-16,23H,6,8,12-14H2,1-5H3,(H,30,31)/t23?,27-/m1/s1. The van der Waals surface area contributed by atoms with E-state index in [0.717, 1.165) is 12.0 Å². The van der Waals surface area contributed by atoms with Crippen LogP contribution in [0.2, 0.25) is 10.0 Å². The van der Waals surface area contributed by atoms with Crippen molar-refractivity contribution in [3.8, 4) is 5.75 Å². The molecule has 0 aromatic heterocycles. The third-order valence-electron chi connectivity index (χ3n) is 7.79. The average molecular weight is 474 g/mol. The number of nitrogens with one attached hydrogen (secondary N) is 1. The van der Waals surface area contributed by atoms with Crippen molar-refractivity contribution >= 4 is 35.0 Å². The molecule has 1 unspecified atom stereocenters. The molecule has 2 atom stereocenters. The lowest BCUT2D eigenvalue weighted by Crippen LogP contribution is -2.48. The molecule has 0 spiro atoms. The summed E-state index contributed by atoms with van der Waals surface area (Å²) >= 11 is 12.2.